The van der Waals surface area contributed by atoms with Crippen LogP contribution < -0.4 is 9.47 Å². The number of hydrogen-bond acceptors (Lipinski definition) is 6. The molecule has 142 valence electrons. The average Bonchev–Trinajstić information content (AvgIpc) is 2.99. The summed E-state index contributed by atoms with van der Waals surface area (Å²) in [6.45, 7) is 0. The quantitative estimate of drug-likeness (QED) is 0.520. The van der Waals surface area contributed by atoms with Crippen LogP contribution in [0.3, 0.4) is 0 Å². The molecule has 6 nitrogen and oxygen atoms in total. The molecule has 0 fully saturated rings. The van der Waals surface area contributed by atoms with E-state index in [1.54, 1.807) is 25.4 Å². The van der Waals surface area contributed by atoms with Crippen molar-refractivity contribution in [2.45, 2.75) is 23.3 Å². The van der Waals surface area contributed by atoms with Gasteiger partial charge in [-0.25, -0.2) is 9.72 Å². The van der Waals surface area contributed by atoms with Crippen molar-refractivity contribution in [2.75, 3.05) is 7.11 Å². The number of alkyl halides is 4. The van der Waals surface area contributed by atoms with Gasteiger partial charge in [-0.05, 0) is 12.1 Å². The Hall–Kier alpha value is -2.53. The third-order valence-corrected chi connectivity index (χ3v) is 4.64. The number of aromatic amines is 1. The number of pyridine rings is 1. The summed E-state index contributed by atoms with van der Waals surface area (Å²) in [6.07, 6.45) is -7.01. The second-order valence-electron chi connectivity index (χ2n) is 5.57. The number of ether oxygens (including phenoxy) is 3. The van der Waals surface area contributed by atoms with E-state index in [0.717, 1.165) is 17.8 Å². The van der Waals surface area contributed by atoms with Gasteiger partial charge in [0, 0.05) is 24.1 Å². The minimum atomic E-state index is -4.42. The summed E-state index contributed by atoms with van der Waals surface area (Å²) < 4.78 is 66.8. The highest BCUT2D eigenvalue weighted by atomic mass is 32.2. The van der Waals surface area contributed by atoms with Crippen LogP contribution in [-0.4, -0.2) is 28.4 Å². The fraction of sp³-hybridized carbons (Fsp3) is 0.250. The van der Waals surface area contributed by atoms with Gasteiger partial charge in [0.15, 0.2) is 5.16 Å². The number of imidazole rings is 1. The van der Waals surface area contributed by atoms with Crippen molar-refractivity contribution in [3.63, 3.8) is 0 Å². The van der Waals surface area contributed by atoms with Crippen LogP contribution in [0.15, 0.2) is 35.6 Å². The van der Waals surface area contributed by atoms with Crippen molar-refractivity contribution in [3.05, 3.63) is 41.7 Å². The van der Waals surface area contributed by atoms with Crippen molar-refractivity contribution in [3.8, 4) is 11.5 Å². The molecule has 0 spiro atoms. The SMILES string of the molecule is COc1ccnc(CSc2nc3cc4c(cc3[nH]2)C(F)(F)OC(F)(F)O4)c1. The Bertz CT molecular complexity index is 1010. The molecule has 0 atom stereocenters. The summed E-state index contributed by atoms with van der Waals surface area (Å²) in [5.41, 5.74) is 0.382. The number of nitrogens with zero attached hydrogens (tertiary/aromatic N) is 2. The van der Waals surface area contributed by atoms with Crippen LogP contribution in [0.4, 0.5) is 17.6 Å². The first-order valence-electron chi connectivity index (χ1n) is 7.56. The van der Waals surface area contributed by atoms with E-state index < -0.39 is 23.7 Å². The minimum absolute atomic E-state index is 0.211. The van der Waals surface area contributed by atoms with Gasteiger partial charge in [0.1, 0.15) is 11.5 Å². The van der Waals surface area contributed by atoms with Gasteiger partial charge >= 0.3 is 12.4 Å². The van der Waals surface area contributed by atoms with Crippen LogP contribution in [0, 0.1) is 0 Å². The standard InChI is InChI=1S/C16H11F4N3O3S/c1-24-9-2-3-21-8(4-9)7-27-14-22-11-5-10-13(6-12(11)23-14)25-16(19,20)26-15(10,17)18/h2-6H,7H2,1H3,(H,22,23). The zero-order valence-corrected chi connectivity index (χ0v) is 14.4. The highest BCUT2D eigenvalue weighted by Crippen LogP contribution is 2.47. The third kappa shape index (κ3) is 3.52. The molecule has 11 heteroatoms. The monoisotopic (exact) mass is 401 g/mol. The second-order valence-corrected chi connectivity index (χ2v) is 6.53. The largest absolute Gasteiger partial charge is 0.540 e. The number of thioether (sulfide) groups is 1. The Labute approximate surface area is 153 Å². The highest BCUT2D eigenvalue weighted by molar-refractivity contribution is 7.98. The predicted octanol–water partition coefficient (Wildman–Crippen LogP) is 4.27. The van der Waals surface area contributed by atoms with E-state index in [-0.39, 0.29) is 11.0 Å². The Morgan fingerprint density at radius 3 is 2.81 bits per heavy atom. The summed E-state index contributed by atoms with van der Waals surface area (Å²) in [5, 5.41) is 0.410. The molecule has 0 aliphatic carbocycles. The number of nitrogens with one attached hydrogen (secondary N) is 1. The van der Waals surface area contributed by atoms with Gasteiger partial charge in [-0.15, -0.1) is 8.78 Å². The van der Waals surface area contributed by atoms with Gasteiger partial charge in [0.2, 0.25) is 0 Å². The van der Waals surface area contributed by atoms with Gasteiger partial charge in [0.05, 0.1) is 29.4 Å². The van der Waals surface area contributed by atoms with E-state index in [1.165, 1.54) is 11.8 Å². The third-order valence-electron chi connectivity index (χ3n) is 3.73. The number of methoxy groups -OCH3 is 1. The molecule has 0 saturated heterocycles. The van der Waals surface area contributed by atoms with Gasteiger partial charge < -0.3 is 14.5 Å². The summed E-state index contributed by atoms with van der Waals surface area (Å²) in [5.74, 6) is 0.407. The lowest BCUT2D eigenvalue weighted by atomic mass is 10.1. The second kappa shape index (κ2) is 6.27. The number of H-pyrrole nitrogens is 1. The summed E-state index contributed by atoms with van der Waals surface area (Å²) >= 11 is 1.27. The average molecular weight is 401 g/mol. The molecule has 0 unspecified atom stereocenters. The topological polar surface area (TPSA) is 69.3 Å². The maximum absolute atomic E-state index is 13.8. The molecular weight excluding hydrogens is 390 g/mol. The summed E-state index contributed by atoms with van der Waals surface area (Å²) in [6, 6.07) is 5.47. The maximum Gasteiger partial charge on any atom is 0.540 e. The zero-order chi connectivity index (χ0) is 19.2. The molecule has 0 bridgehead atoms. The molecule has 4 rings (SSSR count). The van der Waals surface area contributed by atoms with Crippen LogP contribution in [0.5, 0.6) is 11.5 Å². The molecule has 1 aromatic carbocycles. The highest BCUT2D eigenvalue weighted by Gasteiger charge is 2.54. The van der Waals surface area contributed by atoms with Crippen LogP contribution in [0.25, 0.3) is 11.0 Å². The normalized spacial score (nSPS) is 17.4. The van der Waals surface area contributed by atoms with E-state index in [4.69, 9.17) is 4.74 Å². The van der Waals surface area contributed by atoms with Crippen molar-refractivity contribution >= 4 is 22.8 Å². The van der Waals surface area contributed by atoms with Crippen molar-refractivity contribution < 1.29 is 31.8 Å². The van der Waals surface area contributed by atoms with Gasteiger partial charge in [0.25, 0.3) is 0 Å². The molecule has 3 heterocycles. The van der Waals surface area contributed by atoms with Crippen molar-refractivity contribution in [2.24, 2.45) is 0 Å². The predicted molar refractivity (Wildman–Crippen MR) is 87.0 cm³/mol. The first-order valence-corrected chi connectivity index (χ1v) is 8.55. The molecule has 0 amide bonds. The molecule has 1 aliphatic rings. The molecule has 0 radical (unpaired) electrons. The fourth-order valence-electron chi connectivity index (χ4n) is 2.55. The number of aromatic nitrogens is 3. The lowest BCUT2D eigenvalue weighted by Gasteiger charge is -2.30. The summed E-state index contributed by atoms with van der Waals surface area (Å²) in [4.78, 5) is 11.3. The zero-order valence-electron chi connectivity index (χ0n) is 13.6. The van der Waals surface area contributed by atoms with Crippen LogP contribution in [0.2, 0.25) is 0 Å². The van der Waals surface area contributed by atoms with E-state index in [1.807, 2.05) is 0 Å². The molecule has 1 aliphatic heterocycles. The smallest absolute Gasteiger partial charge is 0.497 e. The van der Waals surface area contributed by atoms with E-state index >= 15 is 0 Å². The molecule has 1 N–H and O–H groups in total. The Balaban J connectivity index is 1.61. The van der Waals surface area contributed by atoms with Crippen molar-refractivity contribution in [1.29, 1.82) is 0 Å². The van der Waals surface area contributed by atoms with Crippen molar-refractivity contribution in [1.82, 2.24) is 15.0 Å². The Morgan fingerprint density at radius 1 is 1.22 bits per heavy atom. The lowest BCUT2D eigenvalue weighted by molar-refractivity contribution is -0.461. The van der Waals surface area contributed by atoms with Gasteiger partial charge in [-0.3, -0.25) is 4.98 Å². The number of fused-ring (bicyclic) bond motifs is 2. The number of halogens is 4. The first kappa shape index (κ1) is 17.9. The number of rotatable bonds is 4. The maximum atomic E-state index is 13.8. The lowest BCUT2D eigenvalue weighted by Crippen LogP contribution is -2.41. The van der Waals surface area contributed by atoms with Crippen LogP contribution in [-0.2, 0) is 16.6 Å². The van der Waals surface area contributed by atoms with E-state index in [2.05, 4.69) is 24.4 Å². The van der Waals surface area contributed by atoms with Crippen LogP contribution in [0.1, 0.15) is 11.3 Å². The first-order chi connectivity index (χ1) is 12.8. The molecule has 0 saturated carbocycles. The van der Waals surface area contributed by atoms with E-state index in [9.17, 15) is 17.6 Å². The van der Waals surface area contributed by atoms with Crippen LogP contribution >= 0.6 is 11.8 Å². The molecule has 2 aromatic heterocycles. The van der Waals surface area contributed by atoms with Gasteiger partial charge in [-0.2, -0.15) is 8.78 Å². The molecular formula is C16H11F4N3O3S. The number of benzene rings is 1. The Kier molecular flexibility index (Phi) is 4.15. The van der Waals surface area contributed by atoms with E-state index in [0.29, 0.717) is 16.7 Å². The molecule has 27 heavy (non-hydrogen) atoms. The molecule has 3 aromatic rings. The number of hydrogen-bond donors (Lipinski definition) is 1. The Morgan fingerprint density at radius 2 is 2.04 bits per heavy atom. The fourth-order valence-corrected chi connectivity index (χ4v) is 3.34. The minimum Gasteiger partial charge on any atom is -0.497 e. The summed E-state index contributed by atoms with van der Waals surface area (Å²) in [7, 11) is 1.54. The van der Waals surface area contributed by atoms with Gasteiger partial charge in [-0.1, -0.05) is 11.8 Å².